The van der Waals surface area contributed by atoms with Gasteiger partial charge in [0.15, 0.2) is 5.16 Å². The molecule has 0 aliphatic carbocycles. The van der Waals surface area contributed by atoms with Gasteiger partial charge in [-0.15, -0.1) is 10.2 Å². The zero-order valence-electron chi connectivity index (χ0n) is 17.9. The number of aryl methyl sites for hydroxylation is 1. The molecule has 1 aliphatic heterocycles. The molecule has 1 amide bonds. The van der Waals surface area contributed by atoms with Crippen molar-refractivity contribution in [3.8, 4) is 0 Å². The summed E-state index contributed by atoms with van der Waals surface area (Å²) in [4.78, 5) is 27.1. The van der Waals surface area contributed by atoms with Crippen molar-refractivity contribution in [1.29, 1.82) is 0 Å². The third-order valence-corrected chi connectivity index (χ3v) is 7.09. The van der Waals surface area contributed by atoms with Crippen molar-refractivity contribution in [1.82, 2.24) is 19.7 Å². The average molecular weight is 460 g/mol. The van der Waals surface area contributed by atoms with Crippen LogP contribution in [0.25, 0.3) is 10.8 Å². The fourth-order valence-electron chi connectivity index (χ4n) is 4.38. The number of hydrogen-bond acceptors (Lipinski definition) is 6. The summed E-state index contributed by atoms with van der Waals surface area (Å²) in [7, 11) is 1.77. The first-order chi connectivity index (χ1) is 16.0. The van der Waals surface area contributed by atoms with Gasteiger partial charge in [0.1, 0.15) is 6.33 Å². The lowest BCUT2D eigenvalue weighted by atomic mass is 9.97. The summed E-state index contributed by atoms with van der Waals surface area (Å²) in [5.41, 5.74) is 1.31. The maximum Gasteiger partial charge on any atom is 0.284 e. The Balaban J connectivity index is 1.47. The van der Waals surface area contributed by atoms with Crippen LogP contribution in [0.15, 0.2) is 77.0 Å². The Morgan fingerprint density at radius 3 is 2.76 bits per heavy atom. The molecular formula is C24H21N5O3S. The monoisotopic (exact) mass is 459 g/mol. The van der Waals surface area contributed by atoms with Crippen molar-refractivity contribution in [2.24, 2.45) is 7.05 Å². The van der Waals surface area contributed by atoms with Crippen LogP contribution in [0.5, 0.6) is 0 Å². The quantitative estimate of drug-likeness (QED) is 0.308. The number of benzene rings is 3. The highest BCUT2D eigenvalue weighted by Crippen LogP contribution is 2.38. The van der Waals surface area contributed by atoms with E-state index in [2.05, 4.69) is 34.5 Å². The topological polar surface area (TPSA) is 94.2 Å². The Kier molecular flexibility index (Phi) is 5.55. The highest BCUT2D eigenvalue weighted by molar-refractivity contribution is 7.99. The molecule has 0 bridgehead atoms. The van der Waals surface area contributed by atoms with Gasteiger partial charge in [-0.2, -0.15) is 0 Å². The maximum atomic E-state index is 13.5. The lowest BCUT2D eigenvalue weighted by Gasteiger charge is -2.26. The molecule has 1 unspecified atom stereocenters. The Morgan fingerprint density at radius 1 is 1.15 bits per heavy atom. The van der Waals surface area contributed by atoms with Gasteiger partial charge in [-0.1, -0.05) is 42.5 Å². The van der Waals surface area contributed by atoms with Crippen molar-refractivity contribution in [2.45, 2.75) is 28.9 Å². The van der Waals surface area contributed by atoms with Crippen LogP contribution in [0.1, 0.15) is 34.8 Å². The number of likely N-dealkylation sites (tertiary alicyclic amines) is 1. The molecule has 0 N–H and O–H groups in total. The summed E-state index contributed by atoms with van der Waals surface area (Å²) >= 11 is 1.15. The van der Waals surface area contributed by atoms with Crippen molar-refractivity contribution in [3.63, 3.8) is 0 Å². The number of hydrogen-bond donors (Lipinski definition) is 0. The number of rotatable bonds is 5. The van der Waals surface area contributed by atoms with Crippen LogP contribution >= 0.6 is 11.8 Å². The molecule has 4 aromatic rings. The number of nitrogens with zero attached hydrogens (tertiary/aromatic N) is 5. The van der Waals surface area contributed by atoms with E-state index in [-0.39, 0.29) is 17.6 Å². The van der Waals surface area contributed by atoms with E-state index in [9.17, 15) is 14.9 Å². The van der Waals surface area contributed by atoms with Crippen LogP contribution in [0.2, 0.25) is 0 Å². The van der Waals surface area contributed by atoms with Gasteiger partial charge in [-0.3, -0.25) is 14.9 Å². The molecule has 1 aliphatic rings. The first-order valence-corrected chi connectivity index (χ1v) is 11.4. The van der Waals surface area contributed by atoms with E-state index in [0.717, 1.165) is 40.9 Å². The van der Waals surface area contributed by atoms with E-state index < -0.39 is 4.92 Å². The SMILES string of the molecule is Cn1cnnc1Sc1ccc(C(=O)N2CCCC2c2cccc3ccccc23)cc1[N+](=O)[O-]. The first kappa shape index (κ1) is 21.1. The van der Waals surface area contributed by atoms with E-state index >= 15 is 0 Å². The smallest absolute Gasteiger partial charge is 0.284 e. The lowest BCUT2D eigenvalue weighted by Crippen LogP contribution is -2.30. The summed E-state index contributed by atoms with van der Waals surface area (Å²) in [5, 5.41) is 22.4. The Bertz CT molecular complexity index is 1360. The summed E-state index contributed by atoms with van der Waals surface area (Å²) in [6.45, 7) is 0.621. The molecule has 3 aromatic carbocycles. The lowest BCUT2D eigenvalue weighted by molar-refractivity contribution is -0.387. The molecule has 0 spiro atoms. The number of amides is 1. The third kappa shape index (κ3) is 3.95. The average Bonchev–Trinajstić information content (AvgIpc) is 3.47. The minimum Gasteiger partial charge on any atom is -0.332 e. The number of fused-ring (bicyclic) bond motifs is 1. The second-order valence-electron chi connectivity index (χ2n) is 7.99. The number of nitro benzene ring substituents is 1. The van der Waals surface area contributed by atoms with E-state index in [1.807, 2.05) is 23.1 Å². The third-order valence-electron chi connectivity index (χ3n) is 5.97. The number of nitro groups is 1. The molecular weight excluding hydrogens is 438 g/mol. The van der Waals surface area contributed by atoms with Crippen molar-refractivity contribution >= 4 is 34.1 Å². The maximum absolute atomic E-state index is 13.5. The summed E-state index contributed by atoms with van der Waals surface area (Å²) < 4.78 is 1.69. The second-order valence-corrected chi connectivity index (χ2v) is 9.00. The largest absolute Gasteiger partial charge is 0.332 e. The minimum atomic E-state index is -0.457. The Labute approximate surface area is 194 Å². The van der Waals surface area contributed by atoms with Crippen LogP contribution < -0.4 is 0 Å². The Morgan fingerprint density at radius 2 is 1.97 bits per heavy atom. The first-order valence-electron chi connectivity index (χ1n) is 10.6. The molecule has 1 saturated heterocycles. The second kappa shape index (κ2) is 8.67. The van der Waals surface area contributed by atoms with Gasteiger partial charge < -0.3 is 9.47 Å². The molecule has 1 atom stereocenters. The van der Waals surface area contributed by atoms with E-state index in [1.54, 1.807) is 23.7 Å². The van der Waals surface area contributed by atoms with Crippen molar-refractivity contribution in [2.75, 3.05) is 6.54 Å². The molecule has 5 rings (SSSR count). The van der Waals surface area contributed by atoms with Crippen LogP contribution in [0, 0.1) is 10.1 Å². The summed E-state index contributed by atoms with van der Waals surface area (Å²) in [6.07, 6.45) is 3.29. The molecule has 0 radical (unpaired) electrons. The Hall–Kier alpha value is -3.72. The van der Waals surface area contributed by atoms with Gasteiger partial charge in [0.05, 0.1) is 15.9 Å². The number of carbonyl (C=O) groups is 1. The summed E-state index contributed by atoms with van der Waals surface area (Å²) in [6, 6.07) is 18.9. The predicted octanol–water partition coefficient (Wildman–Crippen LogP) is 5.01. The number of aromatic nitrogens is 3. The zero-order chi connectivity index (χ0) is 22.9. The van der Waals surface area contributed by atoms with Crippen LogP contribution in [0.3, 0.4) is 0 Å². The van der Waals surface area contributed by atoms with Crippen LogP contribution in [0.4, 0.5) is 5.69 Å². The minimum absolute atomic E-state index is 0.0599. The normalized spacial score (nSPS) is 15.8. The van der Waals surface area contributed by atoms with Gasteiger partial charge >= 0.3 is 0 Å². The molecule has 9 heteroatoms. The summed E-state index contributed by atoms with van der Waals surface area (Å²) in [5.74, 6) is -0.191. The van der Waals surface area contributed by atoms with E-state index in [4.69, 9.17) is 0 Å². The standard InChI is InChI=1S/C24H21N5O3S/c1-27-15-25-26-24(27)33-22-12-11-17(14-21(22)29(31)32)23(30)28-13-5-10-20(28)19-9-4-7-16-6-2-3-8-18(16)19/h2-4,6-9,11-12,14-15,20H,5,10,13H2,1H3. The molecule has 1 aromatic heterocycles. The van der Waals surface area contributed by atoms with Gasteiger partial charge in [-0.05, 0) is 53.1 Å². The molecule has 2 heterocycles. The fourth-order valence-corrected chi connectivity index (χ4v) is 5.23. The number of carbonyl (C=O) groups excluding carboxylic acids is 1. The molecule has 1 fully saturated rings. The van der Waals surface area contributed by atoms with E-state index in [0.29, 0.717) is 22.2 Å². The molecule has 0 saturated carbocycles. The highest BCUT2D eigenvalue weighted by Gasteiger charge is 2.32. The zero-order valence-corrected chi connectivity index (χ0v) is 18.7. The van der Waals surface area contributed by atoms with Crippen LogP contribution in [-0.2, 0) is 7.05 Å². The van der Waals surface area contributed by atoms with Gasteiger partial charge in [-0.25, -0.2) is 0 Å². The van der Waals surface area contributed by atoms with Crippen molar-refractivity contribution < 1.29 is 9.72 Å². The molecule has 8 nitrogen and oxygen atoms in total. The predicted molar refractivity (Wildman–Crippen MR) is 125 cm³/mol. The van der Waals surface area contributed by atoms with Crippen LogP contribution in [-0.4, -0.2) is 37.0 Å². The van der Waals surface area contributed by atoms with E-state index in [1.165, 1.54) is 12.4 Å². The van der Waals surface area contributed by atoms with Gasteiger partial charge in [0, 0.05) is 25.2 Å². The van der Waals surface area contributed by atoms with Crippen molar-refractivity contribution in [3.05, 3.63) is 88.2 Å². The van der Waals surface area contributed by atoms with Gasteiger partial charge in [0.25, 0.3) is 11.6 Å². The highest BCUT2D eigenvalue weighted by atomic mass is 32.2. The fraction of sp³-hybridized carbons (Fsp3) is 0.208. The molecule has 166 valence electrons. The molecule has 33 heavy (non-hydrogen) atoms. The van der Waals surface area contributed by atoms with Gasteiger partial charge in [0.2, 0.25) is 0 Å².